The molecular formula is C9H5N3O2S2. The lowest BCUT2D eigenvalue weighted by Gasteiger charge is -1.99. The van der Waals surface area contributed by atoms with E-state index in [9.17, 15) is 10.1 Å². The molecule has 2 heterocycles. The minimum atomic E-state index is -0.356. The Balaban J connectivity index is 2.66. The van der Waals surface area contributed by atoms with Gasteiger partial charge in [-0.2, -0.15) is 8.75 Å². The van der Waals surface area contributed by atoms with E-state index in [4.69, 9.17) is 0 Å². The van der Waals surface area contributed by atoms with Crippen LogP contribution in [0.15, 0.2) is 10.8 Å². The predicted molar refractivity (Wildman–Crippen MR) is 64.2 cm³/mol. The molecule has 0 amide bonds. The van der Waals surface area contributed by atoms with E-state index in [1.54, 1.807) is 12.3 Å². The van der Waals surface area contributed by atoms with Crippen LogP contribution in [0.5, 0.6) is 0 Å². The van der Waals surface area contributed by atoms with E-state index in [-0.39, 0.29) is 10.6 Å². The van der Waals surface area contributed by atoms with Crippen LogP contribution in [0.1, 0.15) is 5.56 Å². The molecule has 5 nitrogen and oxygen atoms in total. The van der Waals surface area contributed by atoms with E-state index >= 15 is 0 Å². The molecule has 2 aromatic heterocycles. The second kappa shape index (κ2) is 3.19. The van der Waals surface area contributed by atoms with Crippen molar-refractivity contribution in [2.24, 2.45) is 0 Å². The number of hydrogen-bond acceptors (Lipinski definition) is 6. The molecule has 0 atom stereocenters. The molecule has 0 fully saturated rings. The highest BCUT2D eigenvalue weighted by Gasteiger charge is 2.22. The van der Waals surface area contributed by atoms with E-state index in [1.165, 1.54) is 23.1 Å². The monoisotopic (exact) mass is 251 g/mol. The first kappa shape index (κ1) is 9.61. The zero-order chi connectivity index (χ0) is 11.3. The maximum absolute atomic E-state index is 11.1. The van der Waals surface area contributed by atoms with Crippen LogP contribution in [0.4, 0.5) is 5.69 Å². The molecule has 0 aliphatic carbocycles. The quantitative estimate of drug-likeness (QED) is 0.492. The zero-order valence-corrected chi connectivity index (χ0v) is 9.76. The maximum atomic E-state index is 11.1. The number of fused-ring (bicyclic) bond motifs is 3. The van der Waals surface area contributed by atoms with Crippen molar-refractivity contribution in [2.45, 2.75) is 6.92 Å². The van der Waals surface area contributed by atoms with Crippen LogP contribution in [-0.4, -0.2) is 13.7 Å². The van der Waals surface area contributed by atoms with Gasteiger partial charge in [0, 0.05) is 16.1 Å². The number of rotatable bonds is 1. The van der Waals surface area contributed by atoms with Gasteiger partial charge in [0.15, 0.2) is 0 Å². The fourth-order valence-electron chi connectivity index (χ4n) is 1.82. The highest BCUT2D eigenvalue weighted by Crippen LogP contribution is 2.37. The lowest BCUT2D eigenvalue weighted by molar-refractivity contribution is -0.383. The van der Waals surface area contributed by atoms with Gasteiger partial charge in [-0.25, -0.2) is 0 Å². The lowest BCUT2D eigenvalue weighted by atomic mass is 10.1. The van der Waals surface area contributed by atoms with Crippen molar-refractivity contribution in [1.82, 2.24) is 8.75 Å². The third-order valence-electron chi connectivity index (χ3n) is 2.54. The minimum absolute atomic E-state index is 0.127. The van der Waals surface area contributed by atoms with Crippen LogP contribution in [-0.2, 0) is 0 Å². The molecule has 0 radical (unpaired) electrons. The van der Waals surface area contributed by atoms with Gasteiger partial charge in [0.05, 0.1) is 21.4 Å². The molecular weight excluding hydrogens is 246 g/mol. The molecule has 3 rings (SSSR count). The number of hydrogen-bond donors (Lipinski definition) is 0. The van der Waals surface area contributed by atoms with Crippen molar-refractivity contribution >= 4 is 50.6 Å². The standard InChI is InChI=1S/C9H5N3O2S2/c1-4-7-5(2-15-10-7)8-6(3-16-11-8)9(4)12(13)14/h2-3H,1H3. The normalized spacial score (nSPS) is 11.3. The Morgan fingerprint density at radius 3 is 2.50 bits per heavy atom. The number of nitro benzene ring substituents is 1. The molecule has 7 heteroatoms. The van der Waals surface area contributed by atoms with E-state index in [0.717, 1.165) is 5.39 Å². The van der Waals surface area contributed by atoms with Gasteiger partial charge in [0.25, 0.3) is 5.69 Å². The van der Waals surface area contributed by atoms with Crippen molar-refractivity contribution in [3.63, 3.8) is 0 Å². The average molecular weight is 251 g/mol. The fourth-order valence-corrected chi connectivity index (χ4v) is 3.23. The first-order valence-electron chi connectivity index (χ1n) is 4.45. The number of benzene rings is 1. The Kier molecular flexibility index (Phi) is 1.92. The van der Waals surface area contributed by atoms with Gasteiger partial charge in [-0.1, -0.05) is 0 Å². The molecule has 0 bridgehead atoms. The van der Waals surface area contributed by atoms with Crippen LogP contribution in [0, 0.1) is 17.0 Å². The first-order chi connectivity index (χ1) is 7.70. The zero-order valence-electron chi connectivity index (χ0n) is 8.13. The smallest absolute Gasteiger partial charge is 0.258 e. The number of nitro groups is 1. The first-order valence-corrected chi connectivity index (χ1v) is 6.12. The molecule has 0 spiro atoms. The van der Waals surface area contributed by atoms with E-state index in [0.29, 0.717) is 22.0 Å². The molecule has 0 saturated carbocycles. The summed E-state index contributed by atoms with van der Waals surface area (Å²) >= 11 is 2.53. The number of aryl methyl sites for hydroxylation is 1. The Morgan fingerprint density at radius 1 is 1.19 bits per heavy atom. The van der Waals surface area contributed by atoms with Gasteiger partial charge in [0.2, 0.25) is 0 Å². The summed E-state index contributed by atoms with van der Waals surface area (Å²) in [5, 5.41) is 16.2. The third-order valence-corrected chi connectivity index (χ3v) is 3.80. The summed E-state index contributed by atoms with van der Waals surface area (Å²) in [4.78, 5) is 10.7. The van der Waals surface area contributed by atoms with Crippen LogP contribution < -0.4 is 0 Å². The Labute approximate surface area is 97.8 Å². The lowest BCUT2D eigenvalue weighted by Crippen LogP contribution is -1.93. The molecule has 1 aromatic carbocycles. The third kappa shape index (κ3) is 1.09. The van der Waals surface area contributed by atoms with Gasteiger partial charge in [-0.05, 0) is 30.0 Å². The van der Waals surface area contributed by atoms with E-state index < -0.39 is 0 Å². The van der Waals surface area contributed by atoms with E-state index in [1.807, 2.05) is 5.38 Å². The van der Waals surface area contributed by atoms with Crippen molar-refractivity contribution in [2.75, 3.05) is 0 Å². The maximum Gasteiger partial charge on any atom is 0.284 e. The molecule has 0 aliphatic heterocycles. The van der Waals surface area contributed by atoms with Crippen LogP contribution >= 0.6 is 23.1 Å². The van der Waals surface area contributed by atoms with Crippen molar-refractivity contribution in [3.8, 4) is 0 Å². The second-order valence-corrected chi connectivity index (χ2v) is 4.64. The molecule has 3 aromatic rings. The summed E-state index contributed by atoms with van der Waals surface area (Å²) in [6.45, 7) is 1.73. The van der Waals surface area contributed by atoms with Crippen molar-refractivity contribution in [3.05, 3.63) is 26.4 Å². The fraction of sp³-hybridized carbons (Fsp3) is 0.111. The summed E-state index contributed by atoms with van der Waals surface area (Å²) < 4.78 is 8.40. The predicted octanol–water partition coefficient (Wildman–Crippen LogP) is 3.12. The van der Waals surface area contributed by atoms with Gasteiger partial charge in [0.1, 0.15) is 5.52 Å². The molecule has 0 N–H and O–H groups in total. The molecule has 0 unspecified atom stereocenters. The van der Waals surface area contributed by atoms with Gasteiger partial charge >= 0.3 is 0 Å². The SMILES string of the molecule is Cc1c([N+](=O)[O-])c2csnc2c2csnc12. The highest BCUT2D eigenvalue weighted by molar-refractivity contribution is 7.06. The molecule has 0 aliphatic rings. The average Bonchev–Trinajstić information content (AvgIpc) is 2.82. The number of aromatic nitrogens is 2. The van der Waals surface area contributed by atoms with Gasteiger partial charge in [-0.15, -0.1) is 0 Å². The summed E-state index contributed by atoms with van der Waals surface area (Å²) in [7, 11) is 0. The van der Waals surface area contributed by atoms with Crippen LogP contribution in [0.25, 0.3) is 21.8 Å². The van der Waals surface area contributed by atoms with Crippen LogP contribution in [0.3, 0.4) is 0 Å². The van der Waals surface area contributed by atoms with Gasteiger partial charge in [-0.3, -0.25) is 10.1 Å². The summed E-state index contributed by atoms with van der Waals surface area (Å²) in [6, 6.07) is 0. The molecule has 16 heavy (non-hydrogen) atoms. The van der Waals surface area contributed by atoms with Crippen LogP contribution in [0.2, 0.25) is 0 Å². The summed E-state index contributed by atoms with van der Waals surface area (Å²) in [6.07, 6.45) is 0. The van der Waals surface area contributed by atoms with E-state index in [2.05, 4.69) is 8.75 Å². The largest absolute Gasteiger partial charge is 0.284 e. The Bertz CT molecular complexity index is 716. The highest BCUT2D eigenvalue weighted by atomic mass is 32.1. The van der Waals surface area contributed by atoms with Crippen molar-refractivity contribution in [1.29, 1.82) is 0 Å². The minimum Gasteiger partial charge on any atom is -0.258 e. The number of nitrogens with zero attached hydrogens (tertiary/aromatic N) is 3. The second-order valence-electron chi connectivity index (χ2n) is 3.38. The Hall–Kier alpha value is -1.60. The molecule has 80 valence electrons. The van der Waals surface area contributed by atoms with Gasteiger partial charge < -0.3 is 0 Å². The summed E-state index contributed by atoms with van der Waals surface area (Å²) in [5.41, 5.74) is 2.12. The summed E-state index contributed by atoms with van der Waals surface area (Å²) in [5.74, 6) is 0. The van der Waals surface area contributed by atoms with Crippen molar-refractivity contribution < 1.29 is 4.92 Å². The Morgan fingerprint density at radius 2 is 1.81 bits per heavy atom. The topological polar surface area (TPSA) is 68.9 Å². The molecule has 0 saturated heterocycles.